The first-order valence-corrected chi connectivity index (χ1v) is 6.49. The van der Waals surface area contributed by atoms with Crippen molar-refractivity contribution in [2.45, 2.75) is 44.4 Å². The van der Waals surface area contributed by atoms with Gasteiger partial charge in [0.2, 0.25) is 0 Å². The molecule has 18 heavy (non-hydrogen) atoms. The van der Waals surface area contributed by atoms with Gasteiger partial charge in [-0.15, -0.1) is 0 Å². The zero-order valence-electron chi connectivity index (χ0n) is 11.0. The van der Waals surface area contributed by atoms with E-state index in [1.165, 1.54) is 0 Å². The minimum atomic E-state index is -0.753. The second kappa shape index (κ2) is 5.01. The van der Waals surface area contributed by atoms with Gasteiger partial charge in [-0.3, -0.25) is 4.79 Å². The van der Waals surface area contributed by atoms with E-state index in [1.807, 2.05) is 25.1 Å². The number of benzene rings is 1. The van der Waals surface area contributed by atoms with Gasteiger partial charge in [-0.2, -0.15) is 0 Å². The van der Waals surface area contributed by atoms with Crippen molar-refractivity contribution in [3.05, 3.63) is 29.3 Å². The van der Waals surface area contributed by atoms with E-state index in [9.17, 15) is 9.90 Å². The van der Waals surface area contributed by atoms with Gasteiger partial charge in [0.05, 0.1) is 12.5 Å². The molecule has 1 saturated carbocycles. The highest BCUT2D eigenvalue weighted by Gasteiger charge is 2.43. The number of hydrogen-bond acceptors (Lipinski definition) is 2. The molecule has 0 aromatic heterocycles. The predicted molar refractivity (Wildman–Crippen MR) is 70.1 cm³/mol. The monoisotopic (exact) mass is 248 g/mol. The zero-order chi connectivity index (χ0) is 13.2. The van der Waals surface area contributed by atoms with E-state index in [0.29, 0.717) is 18.6 Å². The lowest BCUT2D eigenvalue weighted by Gasteiger charge is -2.34. The van der Waals surface area contributed by atoms with Crippen LogP contribution >= 0.6 is 0 Å². The summed E-state index contributed by atoms with van der Waals surface area (Å²) in [5.74, 6) is -0.0105. The molecular weight excluding hydrogens is 228 g/mol. The van der Waals surface area contributed by atoms with Crippen molar-refractivity contribution in [3.8, 4) is 5.75 Å². The Balaban J connectivity index is 2.51. The molecule has 0 unspecified atom stereocenters. The molecule has 98 valence electrons. The number of ether oxygens (including phenoxy) is 1. The third-order valence-electron chi connectivity index (χ3n) is 3.99. The maximum absolute atomic E-state index is 11.8. The minimum absolute atomic E-state index is 0.708. The summed E-state index contributed by atoms with van der Waals surface area (Å²) in [7, 11) is 1.61. The minimum Gasteiger partial charge on any atom is -0.496 e. The number of methoxy groups -OCH3 is 1. The van der Waals surface area contributed by atoms with Crippen LogP contribution in [0.3, 0.4) is 0 Å². The third kappa shape index (κ3) is 2.09. The first-order valence-electron chi connectivity index (χ1n) is 6.49. The summed E-state index contributed by atoms with van der Waals surface area (Å²) in [5, 5.41) is 9.68. The number of aliphatic carboxylic acids is 1. The van der Waals surface area contributed by atoms with Crippen molar-refractivity contribution in [2.24, 2.45) is 0 Å². The summed E-state index contributed by atoms with van der Waals surface area (Å²) in [6.45, 7) is 1.99. The zero-order valence-corrected chi connectivity index (χ0v) is 11.0. The van der Waals surface area contributed by atoms with Gasteiger partial charge >= 0.3 is 5.97 Å². The van der Waals surface area contributed by atoms with E-state index in [2.05, 4.69) is 0 Å². The fourth-order valence-electron chi connectivity index (χ4n) is 2.95. The van der Waals surface area contributed by atoms with Crippen LogP contribution in [-0.2, 0) is 10.2 Å². The van der Waals surface area contributed by atoms with Crippen LogP contribution in [0.25, 0.3) is 0 Å². The molecule has 1 aromatic rings. The lowest BCUT2D eigenvalue weighted by atomic mass is 9.69. The topological polar surface area (TPSA) is 46.5 Å². The number of carbonyl (C=O) groups is 1. The van der Waals surface area contributed by atoms with Crippen molar-refractivity contribution >= 4 is 5.97 Å². The standard InChI is InChI=1S/C15H20O3/c1-11-6-7-12(13(10-11)18-2)15(14(16)17)8-4-3-5-9-15/h6-7,10H,3-5,8-9H2,1-2H3,(H,16,17). The van der Waals surface area contributed by atoms with E-state index in [-0.39, 0.29) is 0 Å². The number of aryl methyl sites for hydroxylation is 1. The van der Waals surface area contributed by atoms with Crippen molar-refractivity contribution in [2.75, 3.05) is 7.11 Å². The lowest BCUT2D eigenvalue weighted by Crippen LogP contribution is -2.38. The highest BCUT2D eigenvalue weighted by Crippen LogP contribution is 2.43. The number of carboxylic acid groups (broad SMARTS) is 1. The van der Waals surface area contributed by atoms with E-state index >= 15 is 0 Å². The molecule has 3 nitrogen and oxygen atoms in total. The van der Waals surface area contributed by atoms with Crippen molar-refractivity contribution in [1.29, 1.82) is 0 Å². The summed E-state index contributed by atoms with van der Waals surface area (Å²) in [5.41, 5.74) is 1.17. The van der Waals surface area contributed by atoms with E-state index in [1.54, 1.807) is 7.11 Å². The van der Waals surface area contributed by atoms with Crippen LogP contribution in [0, 0.1) is 6.92 Å². The lowest BCUT2D eigenvalue weighted by molar-refractivity contribution is -0.145. The molecule has 3 heteroatoms. The van der Waals surface area contributed by atoms with Crippen molar-refractivity contribution < 1.29 is 14.6 Å². The average Bonchev–Trinajstić information content (AvgIpc) is 2.39. The Morgan fingerprint density at radius 2 is 1.94 bits per heavy atom. The number of rotatable bonds is 3. The second-order valence-electron chi connectivity index (χ2n) is 5.15. The fourth-order valence-corrected chi connectivity index (χ4v) is 2.95. The van der Waals surface area contributed by atoms with Crippen LogP contribution in [0.15, 0.2) is 18.2 Å². The Hall–Kier alpha value is -1.51. The first kappa shape index (κ1) is 12.9. The summed E-state index contributed by atoms with van der Waals surface area (Å²) >= 11 is 0. The highest BCUT2D eigenvalue weighted by molar-refractivity contribution is 5.82. The molecule has 0 bridgehead atoms. The van der Waals surface area contributed by atoms with Crippen LogP contribution in [-0.4, -0.2) is 18.2 Å². The summed E-state index contributed by atoms with van der Waals surface area (Å²) in [6.07, 6.45) is 4.50. The molecule has 1 fully saturated rings. The smallest absolute Gasteiger partial charge is 0.314 e. The molecule has 1 aromatic carbocycles. The Labute approximate surface area is 108 Å². The molecule has 0 saturated heterocycles. The summed E-state index contributed by atoms with van der Waals surface area (Å²) < 4.78 is 5.39. The average molecular weight is 248 g/mol. The van der Waals surface area contributed by atoms with Gasteiger partial charge < -0.3 is 9.84 Å². The van der Waals surface area contributed by atoms with Gasteiger partial charge in [-0.1, -0.05) is 31.4 Å². The summed E-state index contributed by atoms with van der Waals surface area (Å²) in [6, 6.07) is 5.82. The second-order valence-corrected chi connectivity index (χ2v) is 5.15. The third-order valence-corrected chi connectivity index (χ3v) is 3.99. The van der Waals surface area contributed by atoms with Gasteiger partial charge in [0.15, 0.2) is 0 Å². The maximum Gasteiger partial charge on any atom is 0.314 e. The van der Waals surface area contributed by atoms with Crippen molar-refractivity contribution in [1.82, 2.24) is 0 Å². The Kier molecular flexibility index (Phi) is 3.60. The molecule has 0 amide bonds. The Morgan fingerprint density at radius 3 is 2.50 bits per heavy atom. The van der Waals surface area contributed by atoms with E-state index in [0.717, 1.165) is 30.4 Å². The first-order chi connectivity index (χ1) is 8.60. The Morgan fingerprint density at radius 1 is 1.28 bits per heavy atom. The van der Waals surface area contributed by atoms with Gasteiger partial charge in [-0.25, -0.2) is 0 Å². The summed E-state index contributed by atoms with van der Waals surface area (Å²) in [4.78, 5) is 11.8. The van der Waals surface area contributed by atoms with Gasteiger partial charge in [0.1, 0.15) is 5.75 Å². The molecule has 1 aliphatic carbocycles. The van der Waals surface area contributed by atoms with Crippen LogP contribution in [0.5, 0.6) is 5.75 Å². The molecular formula is C15H20O3. The SMILES string of the molecule is COc1cc(C)ccc1C1(C(=O)O)CCCCC1. The molecule has 1 aliphatic rings. The largest absolute Gasteiger partial charge is 0.496 e. The molecule has 2 rings (SSSR count). The quantitative estimate of drug-likeness (QED) is 0.892. The van der Waals surface area contributed by atoms with Crippen LogP contribution in [0.2, 0.25) is 0 Å². The number of carboxylic acids is 1. The van der Waals surface area contributed by atoms with E-state index < -0.39 is 11.4 Å². The maximum atomic E-state index is 11.8. The molecule has 0 spiro atoms. The van der Waals surface area contributed by atoms with E-state index in [4.69, 9.17) is 4.74 Å². The van der Waals surface area contributed by atoms with Gasteiger partial charge in [-0.05, 0) is 31.4 Å². The van der Waals surface area contributed by atoms with Crippen LogP contribution in [0.1, 0.15) is 43.2 Å². The van der Waals surface area contributed by atoms with Crippen LogP contribution < -0.4 is 4.74 Å². The number of hydrogen-bond donors (Lipinski definition) is 1. The fraction of sp³-hybridized carbons (Fsp3) is 0.533. The molecule has 0 radical (unpaired) electrons. The molecule has 1 N–H and O–H groups in total. The molecule has 0 heterocycles. The highest BCUT2D eigenvalue weighted by atomic mass is 16.5. The van der Waals surface area contributed by atoms with Gasteiger partial charge in [0.25, 0.3) is 0 Å². The van der Waals surface area contributed by atoms with Gasteiger partial charge in [0, 0.05) is 5.56 Å². The normalized spacial score (nSPS) is 18.3. The Bertz CT molecular complexity index is 445. The molecule has 0 atom stereocenters. The van der Waals surface area contributed by atoms with Crippen LogP contribution in [0.4, 0.5) is 0 Å². The molecule has 0 aliphatic heterocycles. The van der Waals surface area contributed by atoms with Crippen molar-refractivity contribution in [3.63, 3.8) is 0 Å². The predicted octanol–water partition coefficient (Wildman–Crippen LogP) is 3.29.